The van der Waals surface area contributed by atoms with E-state index in [9.17, 15) is 13.2 Å². The van der Waals surface area contributed by atoms with E-state index in [4.69, 9.17) is 9.84 Å². The summed E-state index contributed by atoms with van der Waals surface area (Å²) in [5.41, 5.74) is 0.781. The quantitative estimate of drug-likeness (QED) is 0.750. The molecule has 0 aromatic heterocycles. The van der Waals surface area contributed by atoms with E-state index in [0.717, 1.165) is 5.56 Å². The number of ether oxygens (including phenoxy) is 1. The van der Waals surface area contributed by atoms with E-state index < -0.39 is 16.0 Å². The van der Waals surface area contributed by atoms with Crippen LogP contribution in [-0.4, -0.2) is 43.2 Å². The summed E-state index contributed by atoms with van der Waals surface area (Å²) in [5, 5.41) is 8.55. The van der Waals surface area contributed by atoms with Crippen molar-refractivity contribution in [2.75, 3.05) is 19.4 Å². The lowest BCUT2D eigenvalue weighted by Crippen LogP contribution is -2.29. The number of rotatable bonds is 9. The summed E-state index contributed by atoms with van der Waals surface area (Å²) >= 11 is 0. The van der Waals surface area contributed by atoms with Crippen LogP contribution in [0.15, 0.2) is 24.3 Å². The fourth-order valence-corrected chi connectivity index (χ4v) is 2.99. The van der Waals surface area contributed by atoms with Gasteiger partial charge in [-0.05, 0) is 19.4 Å². The lowest BCUT2D eigenvalue weighted by molar-refractivity contribution is -0.137. The Morgan fingerprint density at radius 2 is 2.00 bits per heavy atom. The average molecular weight is 315 g/mol. The minimum absolute atomic E-state index is 0.106. The van der Waals surface area contributed by atoms with Crippen LogP contribution in [0.1, 0.15) is 25.3 Å². The summed E-state index contributed by atoms with van der Waals surface area (Å²) in [6.07, 6.45) is -0.0439. The summed E-state index contributed by atoms with van der Waals surface area (Å²) in [6.45, 7) is 2.57. The molecule has 21 heavy (non-hydrogen) atoms. The maximum absolute atomic E-state index is 12.1. The molecule has 0 unspecified atom stereocenters. The largest absolute Gasteiger partial charge is 0.494 e. The fourth-order valence-electron chi connectivity index (χ4n) is 1.83. The predicted octanol–water partition coefficient (Wildman–Crippen LogP) is 1.71. The molecule has 7 heteroatoms. The molecule has 118 valence electrons. The molecule has 1 N–H and O–H groups in total. The first kappa shape index (κ1) is 17.5. The molecule has 0 bridgehead atoms. The second kappa shape index (κ2) is 7.99. The van der Waals surface area contributed by atoms with Crippen LogP contribution in [-0.2, 0) is 21.4 Å². The first-order chi connectivity index (χ1) is 9.86. The van der Waals surface area contributed by atoms with Crippen molar-refractivity contribution in [3.63, 3.8) is 0 Å². The highest BCUT2D eigenvalue weighted by Crippen LogP contribution is 2.20. The highest BCUT2D eigenvalue weighted by Gasteiger charge is 2.19. The highest BCUT2D eigenvalue weighted by molar-refractivity contribution is 7.89. The lowest BCUT2D eigenvalue weighted by Gasteiger charge is -2.18. The zero-order valence-corrected chi connectivity index (χ0v) is 13.1. The number of aliphatic carboxylic acids is 1. The second-order valence-corrected chi connectivity index (χ2v) is 6.81. The molecule has 0 aliphatic carbocycles. The van der Waals surface area contributed by atoms with Crippen LogP contribution in [0, 0.1) is 0 Å². The van der Waals surface area contributed by atoms with E-state index in [1.54, 1.807) is 6.07 Å². The van der Waals surface area contributed by atoms with Gasteiger partial charge < -0.3 is 9.84 Å². The van der Waals surface area contributed by atoms with Crippen LogP contribution < -0.4 is 4.74 Å². The molecule has 0 saturated carbocycles. The molecular formula is C14H21NO5S. The van der Waals surface area contributed by atoms with Gasteiger partial charge in [-0.1, -0.05) is 18.2 Å². The third-order valence-corrected chi connectivity index (χ3v) is 4.82. The number of sulfonamides is 1. The van der Waals surface area contributed by atoms with Crippen LogP contribution in [0.2, 0.25) is 0 Å². The Labute approximate surface area is 125 Å². The van der Waals surface area contributed by atoms with E-state index in [0.29, 0.717) is 12.4 Å². The molecule has 6 nitrogen and oxygen atoms in total. The molecule has 1 aromatic rings. The average Bonchev–Trinajstić information content (AvgIpc) is 2.40. The molecule has 0 fully saturated rings. The molecule has 0 atom stereocenters. The Morgan fingerprint density at radius 1 is 1.33 bits per heavy atom. The summed E-state index contributed by atoms with van der Waals surface area (Å²) in [5.74, 6) is -0.505. The molecule has 0 spiro atoms. The van der Waals surface area contributed by atoms with Gasteiger partial charge in [-0.15, -0.1) is 0 Å². The third kappa shape index (κ3) is 5.73. The van der Waals surface area contributed by atoms with Gasteiger partial charge in [0.25, 0.3) is 0 Å². The van der Waals surface area contributed by atoms with Crippen molar-refractivity contribution in [2.24, 2.45) is 0 Å². The van der Waals surface area contributed by atoms with Gasteiger partial charge in [0.15, 0.2) is 0 Å². The van der Waals surface area contributed by atoms with Gasteiger partial charge in [0.2, 0.25) is 10.0 Å². The number of carboxylic acids is 1. The molecule has 0 heterocycles. The van der Waals surface area contributed by atoms with E-state index >= 15 is 0 Å². The van der Waals surface area contributed by atoms with Crippen molar-refractivity contribution in [3.8, 4) is 5.75 Å². The zero-order valence-electron chi connectivity index (χ0n) is 12.3. The van der Waals surface area contributed by atoms with Crippen molar-refractivity contribution in [1.29, 1.82) is 0 Å². The Balaban J connectivity index is 2.71. The zero-order chi connectivity index (χ0) is 15.9. The topological polar surface area (TPSA) is 83.9 Å². The molecule has 0 aliphatic rings. The van der Waals surface area contributed by atoms with Crippen molar-refractivity contribution >= 4 is 16.0 Å². The highest BCUT2D eigenvalue weighted by atomic mass is 32.2. The standard InChI is InChI=1S/C14H21NO5S/c1-3-20-13-8-5-4-7-12(13)11-15(2)21(18,19)10-6-9-14(16)17/h4-5,7-8H,3,6,9-11H2,1-2H3,(H,16,17). The maximum atomic E-state index is 12.1. The van der Waals surface area contributed by atoms with Crippen molar-refractivity contribution in [1.82, 2.24) is 4.31 Å². The Kier molecular flexibility index (Phi) is 6.64. The number of carbonyl (C=O) groups is 1. The molecular weight excluding hydrogens is 294 g/mol. The molecule has 0 radical (unpaired) electrons. The van der Waals surface area contributed by atoms with Gasteiger partial charge in [0.1, 0.15) is 5.75 Å². The minimum Gasteiger partial charge on any atom is -0.494 e. The van der Waals surface area contributed by atoms with Gasteiger partial charge >= 0.3 is 5.97 Å². The SMILES string of the molecule is CCOc1ccccc1CN(C)S(=O)(=O)CCCC(=O)O. The number of carboxylic acid groups (broad SMARTS) is 1. The Bertz CT molecular complexity index is 570. The number of hydrogen-bond acceptors (Lipinski definition) is 4. The molecule has 0 aliphatic heterocycles. The van der Waals surface area contributed by atoms with Crippen LogP contribution in [0.25, 0.3) is 0 Å². The van der Waals surface area contributed by atoms with Gasteiger partial charge in [-0.2, -0.15) is 0 Å². The summed E-state index contributed by atoms with van der Waals surface area (Å²) < 4.78 is 30.8. The van der Waals surface area contributed by atoms with Gasteiger partial charge in [0, 0.05) is 25.6 Å². The fraction of sp³-hybridized carbons (Fsp3) is 0.500. The first-order valence-corrected chi connectivity index (χ1v) is 8.34. The van der Waals surface area contributed by atoms with Crippen LogP contribution in [0.3, 0.4) is 0 Å². The molecule has 0 amide bonds. The molecule has 0 saturated heterocycles. The predicted molar refractivity (Wildman–Crippen MR) is 79.7 cm³/mol. The van der Waals surface area contributed by atoms with Crippen LogP contribution in [0.4, 0.5) is 0 Å². The van der Waals surface area contributed by atoms with Crippen LogP contribution >= 0.6 is 0 Å². The van der Waals surface area contributed by atoms with Gasteiger partial charge in [0.05, 0.1) is 12.4 Å². The van der Waals surface area contributed by atoms with Crippen molar-refractivity contribution < 1.29 is 23.1 Å². The van der Waals surface area contributed by atoms with Crippen molar-refractivity contribution in [3.05, 3.63) is 29.8 Å². The summed E-state index contributed by atoms with van der Waals surface area (Å²) in [6, 6.07) is 7.26. The minimum atomic E-state index is -3.47. The summed E-state index contributed by atoms with van der Waals surface area (Å²) in [4.78, 5) is 10.4. The summed E-state index contributed by atoms with van der Waals surface area (Å²) in [7, 11) is -1.99. The van der Waals surface area contributed by atoms with Crippen LogP contribution in [0.5, 0.6) is 5.75 Å². The third-order valence-electron chi connectivity index (χ3n) is 2.93. The van der Waals surface area contributed by atoms with E-state index in [-0.39, 0.29) is 25.1 Å². The molecule has 1 rings (SSSR count). The normalized spacial score (nSPS) is 11.6. The number of hydrogen-bond donors (Lipinski definition) is 1. The smallest absolute Gasteiger partial charge is 0.303 e. The second-order valence-electron chi connectivity index (χ2n) is 4.61. The van der Waals surface area contributed by atoms with E-state index in [2.05, 4.69) is 0 Å². The number of nitrogens with zero attached hydrogens (tertiary/aromatic N) is 1. The Hall–Kier alpha value is -1.60. The van der Waals surface area contributed by atoms with E-state index in [1.807, 2.05) is 25.1 Å². The molecule has 1 aromatic carbocycles. The monoisotopic (exact) mass is 315 g/mol. The van der Waals surface area contributed by atoms with Crippen molar-refractivity contribution in [2.45, 2.75) is 26.3 Å². The van der Waals surface area contributed by atoms with Gasteiger partial charge in [-0.25, -0.2) is 12.7 Å². The lowest BCUT2D eigenvalue weighted by atomic mass is 10.2. The van der Waals surface area contributed by atoms with E-state index in [1.165, 1.54) is 11.4 Å². The maximum Gasteiger partial charge on any atom is 0.303 e. The number of benzene rings is 1. The Morgan fingerprint density at radius 3 is 2.62 bits per heavy atom. The van der Waals surface area contributed by atoms with Gasteiger partial charge in [-0.3, -0.25) is 4.79 Å². The number of para-hydroxylation sites is 1. The first-order valence-electron chi connectivity index (χ1n) is 6.73.